The molecule has 0 aliphatic rings. The highest BCUT2D eigenvalue weighted by Crippen LogP contribution is 2.11. The molecule has 70 valence electrons. The molecule has 1 rings (SSSR count). The number of pyridine rings is 1. The summed E-state index contributed by atoms with van der Waals surface area (Å²) in [4.78, 5) is 14.7. The zero-order valence-corrected chi connectivity index (χ0v) is 7.71. The zero-order chi connectivity index (χ0) is 9.84. The predicted octanol–water partition coefficient (Wildman–Crippen LogP) is 1.01. The Morgan fingerprint density at radius 1 is 1.69 bits per heavy atom. The van der Waals surface area contributed by atoms with Crippen molar-refractivity contribution >= 4 is 17.6 Å². The third-order valence-electron chi connectivity index (χ3n) is 1.43. The van der Waals surface area contributed by atoms with Crippen LogP contribution in [0.25, 0.3) is 0 Å². The molecule has 0 aliphatic carbocycles. The summed E-state index contributed by atoms with van der Waals surface area (Å²) in [5.74, 6) is -0.572. The van der Waals surface area contributed by atoms with Gasteiger partial charge in [0.1, 0.15) is 10.8 Å². The van der Waals surface area contributed by atoms with Crippen LogP contribution in [-0.2, 0) is 11.3 Å². The van der Waals surface area contributed by atoms with Crippen molar-refractivity contribution in [2.45, 2.75) is 6.61 Å². The van der Waals surface area contributed by atoms with Crippen molar-refractivity contribution in [3.8, 4) is 0 Å². The lowest BCUT2D eigenvalue weighted by atomic mass is 10.2. The van der Waals surface area contributed by atoms with Crippen LogP contribution in [0.4, 0.5) is 0 Å². The summed E-state index contributed by atoms with van der Waals surface area (Å²) in [6, 6.07) is 2.91. The number of nitrogens with zero attached hydrogens (tertiary/aromatic N) is 1. The first-order valence-corrected chi connectivity index (χ1v) is 3.91. The standard InChI is InChI=1S/C8H8ClNO3/c1-13-8(12)6-2-5(4-11)3-7(9)10-6/h2-3,11H,4H2,1H3. The fourth-order valence-corrected chi connectivity index (χ4v) is 1.08. The molecule has 0 amide bonds. The summed E-state index contributed by atoms with van der Waals surface area (Å²) in [6.07, 6.45) is 0. The molecule has 0 bridgehead atoms. The maximum absolute atomic E-state index is 11.0. The number of methoxy groups -OCH3 is 1. The van der Waals surface area contributed by atoms with E-state index in [0.29, 0.717) is 5.56 Å². The second-order valence-electron chi connectivity index (χ2n) is 2.33. The van der Waals surface area contributed by atoms with Gasteiger partial charge in [-0.2, -0.15) is 0 Å². The van der Waals surface area contributed by atoms with Crippen LogP contribution in [0.15, 0.2) is 12.1 Å². The van der Waals surface area contributed by atoms with Crippen LogP contribution in [-0.4, -0.2) is 23.2 Å². The minimum Gasteiger partial charge on any atom is -0.464 e. The molecule has 0 unspecified atom stereocenters. The fourth-order valence-electron chi connectivity index (χ4n) is 0.850. The fraction of sp³-hybridized carbons (Fsp3) is 0.250. The smallest absolute Gasteiger partial charge is 0.356 e. The Kier molecular flexibility index (Phi) is 3.22. The molecule has 1 aromatic rings. The van der Waals surface area contributed by atoms with Crippen LogP contribution < -0.4 is 0 Å². The molecule has 5 heteroatoms. The average Bonchev–Trinajstić information content (AvgIpc) is 2.15. The number of carbonyl (C=O) groups is 1. The highest BCUT2D eigenvalue weighted by atomic mass is 35.5. The molecule has 1 heterocycles. The van der Waals surface area contributed by atoms with Gasteiger partial charge < -0.3 is 9.84 Å². The number of carbonyl (C=O) groups excluding carboxylic acids is 1. The van der Waals surface area contributed by atoms with Crippen molar-refractivity contribution in [3.05, 3.63) is 28.5 Å². The van der Waals surface area contributed by atoms with Gasteiger partial charge in [-0.1, -0.05) is 11.6 Å². The van der Waals surface area contributed by atoms with E-state index in [1.165, 1.54) is 19.2 Å². The van der Waals surface area contributed by atoms with E-state index in [4.69, 9.17) is 16.7 Å². The van der Waals surface area contributed by atoms with E-state index < -0.39 is 5.97 Å². The van der Waals surface area contributed by atoms with E-state index in [0.717, 1.165) is 0 Å². The first-order chi connectivity index (χ1) is 6.17. The van der Waals surface area contributed by atoms with Gasteiger partial charge in [0.2, 0.25) is 0 Å². The van der Waals surface area contributed by atoms with Crippen molar-refractivity contribution in [1.82, 2.24) is 4.98 Å². The molecule has 1 aromatic heterocycles. The molecule has 0 aliphatic heterocycles. The average molecular weight is 202 g/mol. The molecule has 4 nitrogen and oxygen atoms in total. The topological polar surface area (TPSA) is 59.4 Å². The van der Waals surface area contributed by atoms with E-state index in [9.17, 15) is 4.79 Å². The first kappa shape index (κ1) is 9.95. The van der Waals surface area contributed by atoms with Crippen LogP contribution in [0, 0.1) is 0 Å². The summed E-state index contributed by atoms with van der Waals surface area (Å²) < 4.78 is 4.45. The molecule has 0 atom stereocenters. The Balaban J connectivity index is 3.08. The largest absolute Gasteiger partial charge is 0.464 e. The van der Waals surface area contributed by atoms with Gasteiger partial charge in [-0.25, -0.2) is 9.78 Å². The van der Waals surface area contributed by atoms with Crippen molar-refractivity contribution < 1.29 is 14.6 Å². The number of aliphatic hydroxyl groups excluding tert-OH is 1. The van der Waals surface area contributed by atoms with Crippen LogP contribution in [0.3, 0.4) is 0 Å². The molecule has 0 aromatic carbocycles. The number of halogens is 1. The Morgan fingerprint density at radius 3 is 2.92 bits per heavy atom. The molecule has 0 spiro atoms. The Bertz CT molecular complexity index is 327. The maximum atomic E-state index is 11.0. The lowest BCUT2D eigenvalue weighted by Crippen LogP contribution is -2.05. The number of rotatable bonds is 2. The number of ether oxygens (including phenoxy) is 1. The normalized spacial score (nSPS) is 9.77. The molecule has 0 fully saturated rings. The highest BCUT2D eigenvalue weighted by Gasteiger charge is 2.09. The molecule has 1 N–H and O–H groups in total. The summed E-state index contributed by atoms with van der Waals surface area (Å²) in [5.41, 5.74) is 0.624. The van der Waals surface area contributed by atoms with Gasteiger partial charge in [0.15, 0.2) is 0 Å². The minimum atomic E-state index is -0.572. The quantitative estimate of drug-likeness (QED) is 0.573. The zero-order valence-electron chi connectivity index (χ0n) is 6.95. The Labute approximate surface area is 80.1 Å². The molecule has 0 radical (unpaired) electrons. The summed E-state index contributed by atoms with van der Waals surface area (Å²) in [7, 11) is 1.25. The van der Waals surface area contributed by atoms with E-state index in [1.807, 2.05) is 0 Å². The second-order valence-corrected chi connectivity index (χ2v) is 2.72. The van der Waals surface area contributed by atoms with Crippen LogP contribution in [0.5, 0.6) is 0 Å². The van der Waals surface area contributed by atoms with Crippen LogP contribution >= 0.6 is 11.6 Å². The van der Waals surface area contributed by atoms with E-state index in [2.05, 4.69) is 9.72 Å². The summed E-state index contributed by atoms with van der Waals surface area (Å²) >= 11 is 5.60. The van der Waals surface area contributed by atoms with Crippen LogP contribution in [0.1, 0.15) is 16.1 Å². The second kappa shape index (κ2) is 4.20. The number of aromatic nitrogens is 1. The van der Waals surface area contributed by atoms with Gasteiger partial charge in [-0.15, -0.1) is 0 Å². The van der Waals surface area contributed by atoms with Crippen molar-refractivity contribution in [2.75, 3.05) is 7.11 Å². The summed E-state index contributed by atoms with van der Waals surface area (Å²) in [6.45, 7) is -0.188. The first-order valence-electron chi connectivity index (χ1n) is 3.53. The number of esters is 1. The number of hydrogen-bond acceptors (Lipinski definition) is 4. The van der Waals surface area contributed by atoms with Crippen LogP contribution in [0.2, 0.25) is 5.15 Å². The molecule has 0 saturated carbocycles. The minimum absolute atomic E-state index is 0.0963. The van der Waals surface area contributed by atoms with E-state index in [1.54, 1.807) is 0 Å². The van der Waals surface area contributed by atoms with Gasteiger partial charge >= 0.3 is 5.97 Å². The number of aliphatic hydroxyl groups is 1. The maximum Gasteiger partial charge on any atom is 0.356 e. The summed E-state index contributed by atoms with van der Waals surface area (Å²) in [5, 5.41) is 8.96. The van der Waals surface area contributed by atoms with Gasteiger partial charge in [-0.05, 0) is 17.7 Å². The van der Waals surface area contributed by atoms with Gasteiger partial charge in [0.05, 0.1) is 13.7 Å². The van der Waals surface area contributed by atoms with Crippen molar-refractivity contribution in [1.29, 1.82) is 0 Å². The SMILES string of the molecule is COC(=O)c1cc(CO)cc(Cl)n1. The van der Waals surface area contributed by atoms with Crippen molar-refractivity contribution in [2.24, 2.45) is 0 Å². The van der Waals surface area contributed by atoms with Gasteiger partial charge in [0.25, 0.3) is 0 Å². The highest BCUT2D eigenvalue weighted by molar-refractivity contribution is 6.29. The van der Waals surface area contributed by atoms with Crippen molar-refractivity contribution in [3.63, 3.8) is 0 Å². The molecule has 0 saturated heterocycles. The molecular weight excluding hydrogens is 194 g/mol. The van der Waals surface area contributed by atoms with Gasteiger partial charge in [0, 0.05) is 0 Å². The van der Waals surface area contributed by atoms with Gasteiger partial charge in [-0.3, -0.25) is 0 Å². The number of hydrogen-bond donors (Lipinski definition) is 1. The van der Waals surface area contributed by atoms with E-state index >= 15 is 0 Å². The molecular formula is C8H8ClNO3. The Hall–Kier alpha value is -1.13. The Morgan fingerprint density at radius 2 is 2.38 bits per heavy atom. The third kappa shape index (κ3) is 2.40. The molecule has 13 heavy (non-hydrogen) atoms. The lowest BCUT2D eigenvalue weighted by molar-refractivity contribution is 0.0594. The third-order valence-corrected chi connectivity index (χ3v) is 1.62. The lowest BCUT2D eigenvalue weighted by Gasteiger charge is -2.01. The monoisotopic (exact) mass is 201 g/mol. The predicted molar refractivity (Wildman–Crippen MR) is 46.5 cm³/mol. The van der Waals surface area contributed by atoms with E-state index in [-0.39, 0.29) is 17.5 Å².